The molecule has 1 N–H and O–H groups in total. The summed E-state index contributed by atoms with van der Waals surface area (Å²) in [6, 6.07) is 0. The fourth-order valence-electron chi connectivity index (χ4n) is 1.51. The largest absolute Gasteiger partial charge is 0.393 e. The lowest BCUT2D eigenvalue weighted by atomic mass is 10.1. The van der Waals surface area contributed by atoms with Crippen molar-refractivity contribution in [2.24, 2.45) is 7.05 Å². The summed E-state index contributed by atoms with van der Waals surface area (Å²) >= 11 is 0. The molecule has 3 heteroatoms. The van der Waals surface area contributed by atoms with Crippen LogP contribution in [-0.2, 0) is 13.5 Å². The number of nitrogens with zero attached hydrogens (tertiary/aromatic N) is 2. The van der Waals surface area contributed by atoms with Crippen molar-refractivity contribution in [3.8, 4) is 0 Å². The van der Waals surface area contributed by atoms with E-state index in [-0.39, 0.29) is 6.10 Å². The number of aromatic nitrogens is 2. The Hall–Kier alpha value is -0.830. The summed E-state index contributed by atoms with van der Waals surface area (Å²) in [6.45, 7) is 2.02. The Morgan fingerprint density at radius 1 is 1.50 bits per heavy atom. The Bertz CT molecular complexity index is 258. The van der Waals surface area contributed by atoms with Crippen LogP contribution in [0.5, 0.6) is 0 Å². The third-order valence-corrected chi connectivity index (χ3v) is 2.48. The van der Waals surface area contributed by atoms with Gasteiger partial charge < -0.3 is 5.11 Å². The SMILES string of the molecule is CCC(O)CCCCc1cnn(C)c1. The number of aliphatic hydroxyl groups excluding tert-OH is 1. The van der Waals surface area contributed by atoms with E-state index in [0.717, 1.165) is 32.1 Å². The average molecular weight is 196 g/mol. The molecule has 0 aliphatic rings. The van der Waals surface area contributed by atoms with Gasteiger partial charge in [-0.15, -0.1) is 0 Å². The van der Waals surface area contributed by atoms with Crippen LogP contribution in [0.4, 0.5) is 0 Å². The molecule has 1 heterocycles. The fraction of sp³-hybridized carbons (Fsp3) is 0.727. The van der Waals surface area contributed by atoms with Crippen LogP contribution in [0.3, 0.4) is 0 Å². The molecule has 1 rings (SSSR count). The highest BCUT2D eigenvalue weighted by molar-refractivity contribution is 5.03. The standard InChI is InChI=1S/C11H20N2O/c1-3-11(14)7-5-4-6-10-8-12-13(2)9-10/h8-9,11,14H,3-7H2,1-2H3. The van der Waals surface area contributed by atoms with Crippen LogP contribution in [0.1, 0.15) is 38.2 Å². The Morgan fingerprint density at radius 3 is 2.86 bits per heavy atom. The lowest BCUT2D eigenvalue weighted by Crippen LogP contribution is -2.03. The number of unbranched alkanes of at least 4 members (excludes halogenated alkanes) is 1. The monoisotopic (exact) mass is 196 g/mol. The minimum atomic E-state index is -0.108. The Morgan fingerprint density at radius 2 is 2.29 bits per heavy atom. The van der Waals surface area contributed by atoms with E-state index >= 15 is 0 Å². The second-order valence-electron chi connectivity index (χ2n) is 3.83. The van der Waals surface area contributed by atoms with Gasteiger partial charge in [0.05, 0.1) is 12.3 Å². The van der Waals surface area contributed by atoms with Crippen molar-refractivity contribution in [2.45, 2.75) is 45.1 Å². The molecule has 0 aliphatic heterocycles. The van der Waals surface area contributed by atoms with Crippen molar-refractivity contribution in [3.05, 3.63) is 18.0 Å². The van der Waals surface area contributed by atoms with E-state index < -0.39 is 0 Å². The van der Waals surface area contributed by atoms with Gasteiger partial charge in [-0.2, -0.15) is 5.10 Å². The molecule has 80 valence electrons. The molecule has 0 amide bonds. The van der Waals surface area contributed by atoms with Crippen LogP contribution in [0.15, 0.2) is 12.4 Å². The molecule has 0 saturated carbocycles. The van der Waals surface area contributed by atoms with Gasteiger partial charge in [0.15, 0.2) is 0 Å². The molecular weight excluding hydrogens is 176 g/mol. The average Bonchev–Trinajstić information content (AvgIpc) is 2.58. The van der Waals surface area contributed by atoms with Crippen LogP contribution >= 0.6 is 0 Å². The second-order valence-corrected chi connectivity index (χ2v) is 3.83. The van der Waals surface area contributed by atoms with Crippen molar-refractivity contribution in [1.82, 2.24) is 9.78 Å². The van der Waals surface area contributed by atoms with Crippen LogP contribution < -0.4 is 0 Å². The summed E-state index contributed by atoms with van der Waals surface area (Å²) in [5.41, 5.74) is 1.29. The van der Waals surface area contributed by atoms with Crippen molar-refractivity contribution >= 4 is 0 Å². The van der Waals surface area contributed by atoms with E-state index in [1.165, 1.54) is 5.56 Å². The molecule has 0 spiro atoms. The first kappa shape index (κ1) is 11.2. The highest BCUT2D eigenvalue weighted by atomic mass is 16.3. The number of rotatable bonds is 6. The van der Waals surface area contributed by atoms with E-state index in [2.05, 4.69) is 11.3 Å². The normalized spacial score (nSPS) is 13.1. The summed E-state index contributed by atoms with van der Waals surface area (Å²) < 4.78 is 1.83. The Labute approximate surface area is 85.8 Å². The van der Waals surface area contributed by atoms with E-state index in [1.54, 1.807) is 0 Å². The molecule has 0 saturated heterocycles. The maximum atomic E-state index is 9.34. The summed E-state index contributed by atoms with van der Waals surface area (Å²) in [5.74, 6) is 0. The van der Waals surface area contributed by atoms with Gasteiger partial charge in [-0.05, 0) is 31.2 Å². The summed E-state index contributed by atoms with van der Waals surface area (Å²) in [7, 11) is 1.93. The Balaban J connectivity index is 2.10. The minimum Gasteiger partial charge on any atom is -0.393 e. The third-order valence-electron chi connectivity index (χ3n) is 2.48. The van der Waals surface area contributed by atoms with Crippen molar-refractivity contribution in [1.29, 1.82) is 0 Å². The molecule has 14 heavy (non-hydrogen) atoms. The zero-order chi connectivity index (χ0) is 10.4. The molecule has 1 aromatic rings. The second kappa shape index (κ2) is 5.81. The van der Waals surface area contributed by atoms with Gasteiger partial charge >= 0.3 is 0 Å². The van der Waals surface area contributed by atoms with E-state index in [4.69, 9.17) is 0 Å². The molecule has 1 aromatic heterocycles. The summed E-state index contributed by atoms with van der Waals surface area (Å²) in [6.07, 6.45) is 8.97. The maximum Gasteiger partial charge on any atom is 0.0537 e. The predicted octanol–water partition coefficient (Wildman–Crippen LogP) is 1.90. The van der Waals surface area contributed by atoms with E-state index in [1.807, 2.05) is 24.9 Å². The first-order valence-corrected chi connectivity index (χ1v) is 5.38. The lowest BCUT2D eigenvalue weighted by Gasteiger charge is -2.05. The molecule has 0 aliphatic carbocycles. The fourth-order valence-corrected chi connectivity index (χ4v) is 1.51. The number of aryl methyl sites for hydroxylation is 2. The quantitative estimate of drug-likeness (QED) is 0.706. The zero-order valence-electron chi connectivity index (χ0n) is 9.11. The van der Waals surface area contributed by atoms with Crippen molar-refractivity contribution in [3.63, 3.8) is 0 Å². The predicted molar refractivity (Wildman–Crippen MR) is 57.1 cm³/mol. The molecule has 0 aromatic carbocycles. The van der Waals surface area contributed by atoms with Gasteiger partial charge in [0.25, 0.3) is 0 Å². The molecule has 0 fully saturated rings. The topological polar surface area (TPSA) is 38.1 Å². The Kier molecular flexibility index (Phi) is 4.66. The molecule has 0 radical (unpaired) electrons. The minimum absolute atomic E-state index is 0.108. The van der Waals surface area contributed by atoms with Crippen LogP contribution in [0, 0.1) is 0 Å². The molecule has 1 unspecified atom stereocenters. The maximum absolute atomic E-state index is 9.34. The van der Waals surface area contributed by atoms with E-state index in [0.29, 0.717) is 0 Å². The number of hydrogen-bond acceptors (Lipinski definition) is 2. The zero-order valence-corrected chi connectivity index (χ0v) is 9.11. The van der Waals surface area contributed by atoms with Gasteiger partial charge in [0.2, 0.25) is 0 Å². The summed E-state index contributed by atoms with van der Waals surface area (Å²) in [5, 5.41) is 13.5. The smallest absolute Gasteiger partial charge is 0.0537 e. The molecule has 0 bridgehead atoms. The van der Waals surface area contributed by atoms with Crippen molar-refractivity contribution < 1.29 is 5.11 Å². The number of hydrogen-bond donors (Lipinski definition) is 1. The highest BCUT2D eigenvalue weighted by Crippen LogP contribution is 2.08. The van der Waals surface area contributed by atoms with Gasteiger partial charge in [-0.25, -0.2) is 0 Å². The van der Waals surface area contributed by atoms with Crippen LogP contribution in [-0.4, -0.2) is 21.0 Å². The lowest BCUT2D eigenvalue weighted by molar-refractivity contribution is 0.157. The van der Waals surface area contributed by atoms with Crippen LogP contribution in [0.25, 0.3) is 0 Å². The molecule has 3 nitrogen and oxygen atoms in total. The number of aliphatic hydroxyl groups is 1. The van der Waals surface area contributed by atoms with Gasteiger partial charge in [0, 0.05) is 13.2 Å². The van der Waals surface area contributed by atoms with Gasteiger partial charge in [0.1, 0.15) is 0 Å². The van der Waals surface area contributed by atoms with Gasteiger partial charge in [-0.1, -0.05) is 13.3 Å². The van der Waals surface area contributed by atoms with Gasteiger partial charge in [-0.3, -0.25) is 4.68 Å². The van der Waals surface area contributed by atoms with E-state index in [9.17, 15) is 5.11 Å². The summed E-state index contributed by atoms with van der Waals surface area (Å²) in [4.78, 5) is 0. The molecular formula is C11H20N2O. The van der Waals surface area contributed by atoms with Crippen molar-refractivity contribution in [2.75, 3.05) is 0 Å². The van der Waals surface area contributed by atoms with Crippen LogP contribution in [0.2, 0.25) is 0 Å². The highest BCUT2D eigenvalue weighted by Gasteiger charge is 2.01. The first-order valence-electron chi connectivity index (χ1n) is 5.38. The third kappa shape index (κ3) is 3.92. The first-order chi connectivity index (χ1) is 6.72. The molecule has 1 atom stereocenters.